The summed E-state index contributed by atoms with van der Waals surface area (Å²) in [6, 6.07) is 0. The van der Waals surface area contributed by atoms with Crippen molar-refractivity contribution in [2.24, 2.45) is 0 Å². The summed E-state index contributed by atoms with van der Waals surface area (Å²) >= 11 is 6.18. The minimum absolute atomic E-state index is 0.459. The lowest BCUT2D eigenvalue weighted by molar-refractivity contribution is 0.522. The molecule has 0 aliphatic heterocycles. The van der Waals surface area contributed by atoms with Crippen LogP contribution in [0.4, 0.5) is 0 Å². The molecule has 1 unspecified atom stereocenters. The summed E-state index contributed by atoms with van der Waals surface area (Å²) in [7, 11) is 0. The first kappa shape index (κ1) is 13.5. The first-order chi connectivity index (χ1) is 7.70. The van der Waals surface area contributed by atoms with Crippen LogP contribution in [0, 0.1) is 0 Å². The molecule has 3 nitrogen and oxygen atoms in total. The Balaban J connectivity index is 2.65. The summed E-state index contributed by atoms with van der Waals surface area (Å²) in [5.41, 5.74) is 1.18. The molecule has 0 saturated carbocycles. The van der Waals surface area contributed by atoms with Crippen molar-refractivity contribution in [1.29, 1.82) is 0 Å². The predicted molar refractivity (Wildman–Crippen MR) is 69.1 cm³/mol. The van der Waals surface area contributed by atoms with Crippen LogP contribution in [0.3, 0.4) is 0 Å². The maximum Gasteiger partial charge on any atom is 0.0820 e. The largest absolute Gasteiger partial charge is 0.317 e. The number of hydrogen-bond acceptors (Lipinski definition) is 2. The second kappa shape index (κ2) is 6.92. The Morgan fingerprint density at radius 1 is 1.50 bits per heavy atom. The third-order valence-electron chi connectivity index (χ3n) is 2.74. The Labute approximate surface area is 103 Å². The fourth-order valence-electron chi connectivity index (χ4n) is 1.88. The number of aromatic nitrogens is 2. The van der Waals surface area contributed by atoms with Gasteiger partial charge in [0.05, 0.1) is 16.9 Å². The lowest BCUT2D eigenvalue weighted by atomic mass is 10.0. The van der Waals surface area contributed by atoms with Gasteiger partial charge in [-0.2, -0.15) is 5.10 Å². The molecule has 4 heteroatoms. The van der Waals surface area contributed by atoms with Crippen LogP contribution >= 0.6 is 11.6 Å². The maximum atomic E-state index is 6.18. The van der Waals surface area contributed by atoms with Gasteiger partial charge in [-0.1, -0.05) is 32.4 Å². The summed E-state index contributed by atoms with van der Waals surface area (Å²) in [6.45, 7) is 9.50. The average molecular weight is 244 g/mol. The van der Waals surface area contributed by atoms with E-state index in [0.717, 1.165) is 37.5 Å². The van der Waals surface area contributed by atoms with Gasteiger partial charge in [-0.05, 0) is 25.9 Å². The summed E-state index contributed by atoms with van der Waals surface area (Å²) in [6.07, 6.45) is 3.95. The minimum atomic E-state index is 0.459. The number of aryl methyl sites for hydroxylation is 1. The fourth-order valence-corrected chi connectivity index (χ4v) is 2.21. The zero-order valence-electron chi connectivity index (χ0n) is 10.5. The molecule has 16 heavy (non-hydrogen) atoms. The van der Waals surface area contributed by atoms with Crippen LogP contribution < -0.4 is 5.32 Å². The summed E-state index contributed by atoms with van der Waals surface area (Å²) in [4.78, 5) is 0. The molecule has 1 aromatic rings. The number of hydrogen-bond donors (Lipinski definition) is 1. The summed E-state index contributed by atoms with van der Waals surface area (Å²) in [5.74, 6) is 0.459. The molecular weight excluding hydrogens is 222 g/mol. The first-order valence-corrected chi connectivity index (χ1v) is 6.50. The van der Waals surface area contributed by atoms with E-state index in [2.05, 4.69) is 31.2 Å². The van der Waals surface area contributed by atoms with Gasteiger partial charge in [-0.15, -0.1) is 0 Å². The van der Waals surface area contributed by atoms with Crippen molar-refractivity contribution in [3.8, 4) is 0 Å². The molecule has 0 spiro atoms. The Hall–Kier alpha value is -0.540. The monoisotopic (exact) mass is 243 g/mol. The van der Waals surface area contributed by atoms with Crippen LogP contribution in [0.2, 0.25) is 5.02 Å². The molecule has 0 aliphatic rings. The van der Waals surface area contributed by atoms with E-state index in [4.69, 9.17) is 11.6 Å². The highest BCUT2D eigenvalue weighted by atomic mass is 35.5. The molecule has 0 amide bonds. The molecule has 0 saturated heterocycles. The Bertz CT molecular complexity index is 309. The molecule has 0 fully saturated rings. The van der Waals surface area contributed by atoms with Crippen molar-refractivity contribution < 1.29 is 0 Å². The van der Waals surface area contributed by atoms with E-state index in [1.807, 2.05) is 4.68 Å². The van der Waals surface area contributed by atoms with E-state index in [1.54, 1.807) is 6.20 Å². The Morgan fingerprint density at radius 3 is 2.88 bits per heavy atom. The lowest BCUT2D eigenvalue weighted by Crippen LogP contribution is -2.17. The van der Waals surface area contributed by atoms with Crippen LogP contribution in [0.25, 0.3) is 0 Å². The van der Waals surface area contributed by atoms with E-state index in [1.165, 1.54) is 5.69 Å². The van der Waals surface area contributed by atoms with Gasteiger partial charge in [-0.3, -0.25) is 4.68 Å². The quantitative estimate of drug-likeness (QED) is 0.746. The topological polar surface area (TPSA) is 29.9 Å². The van der Waals surface area contributed by atoms with Crippen molar-refractivity contribution in [2.75, 3.05) is 13.1 Å². The van der Waals surface area contributed by atoms with Gasteiger partial charge in [-0.25, -0.2) is 0 Å². The van der Waals surface area contributed by atoms with Crippen molar-refractivity contribution in [2.45, 2.75) is 46.1 Å². The molecule has 0 aliphatic carbocycles. The van der Waals surface area contributed by atoms with E-state index in [0.29, 0.717) is 5.92 Å². The summed E-state index contributed by atoms with van der Waals surface area (Å²) in [5, 5.41) is 8.46. The van der Waals surface area contributed by atoms with Gasteiger partial charge in [0, 0.05) is 12.5 Å². The first-order valence-electron chi connectivity index (χ1n) is 6.12. The fraction of sp³-hybridized carbons (Fsp3) is 0.750. The van der Waals surface area contributed by atoms with Crippen molar-refractivity contribution in [3.63, 3.8) is 0 Å². The third kappa shape index (κ3) is 3.49. The van der Waals surface area contributed by atoms with Crippen molar-refractivity contribution >= 4 is 11.6 Å². The SMILES string of the molecule is CCCn1ncc(Cl)c1C(C)CCNCC. The van der Waals surface area contributed by atoms with Crippen molar-refractivity contribution in [1.82, 2.24) is 15.1 Å². The molecule has 1 rings (SSSR count). The standard InChI is InChI=1S/C12H22ClN3/c1-4-8-16-12(11(13)9-15-16)10(3)6-7-14-5-2/h9-10,14H,4-8H2,1-3H3. The highest BCUT2D eigenvalue weighted by molar-refractivity contribution is 6.31. The van der Waals surface area contributed by atoms with Gasteiger partial charge in [0.25, 0.3) is 0 Å². The molecule has 0 aromatic carbocycles. The molecule has 1 atom stereocenters. The number of nitrogens with zero attached hydrogens (tertiary/aromatic N) is 2. The van der Waals surface area contributed by atoms with Gasteiger partial charge in [0.15, 0.2) is 0 Å². The average Bonchev–Trinajstić information content (AvgIpc) is 2.61. The summed E-state index contributed by atoms with van der Waals surface area (Å²) < 4.78 is 2.04. The van der Waals surface area contributed by atoms with Gasteiger partial charge >= 0.3 is 0 Å². The van der Waals surface area contributed by atoms with Crippen LogP contribution in [-0.2, 0) is 6.54 Å². The number of nitrogens with one attached hydrogen (secondary N) is 1. The maximum absolute atomic E-state index is 6.18. The normalized spacial score (nSPS) is 13.0. The van der Waals surface area contributed by atoms with Crippen molar-refractivity contribution in [3.05, 3.63) is 16.9 Å². The number of rotatable bonds is 7. The van der Waals surface area contributed by atoms with E-state index >= 15 is 0 Å². The van der Waals surface area contributed by atoms with Gasteiger partial charge in [0.1, 0.15) is 0 Å². The molecule has 92 valence electrons. The number of halogens is 1. The lowest BCUT2D eigenvalue weighted by Gasteiger charge is -2.14. The second-order valence-electron chi connectivity index (χ2n) is 4.14. The molecule has 1 N–H and O–H groups in total. The van der Waals surface area contributed by atoms with Crippen LogP contribution in [-0.4, -0.2) is 22.9 Å². The van der Waals surface area contributed by atoms with Crippen LogP contribution in [0.1, 0.15) is 45.2 Å². The zero-order valence-corrected chi connectivity index (χ0v) is 11.2. The highest BCUT2D eigenvalue weighted by Gasteiger charge is 2.15. The smallest absolute Gasteiger partial charge is 0.0820 e. The van der Waals surface area contributed by atoms with Gasteiger partial charge in [0.2, 0.25) is 0 Å². The third-order valence-corrected chi connectivity index (χ3v) is 3.03. The van der Waals surface area contributed by atoms with Gasteiger partial charge < -0.3 is 5.32 Å². The molecule has 1 aromatic heterocycles. The van der Waals surface area contributed by atoms with Crippen LogP contribution in [0.15, 0.2) is 6.20 Å². The Kier molecular flexibility index (Phi) is 5.85. The van der Waals surface area contributed by atoms with E-state index < -0.39 is 0 Å². The van der Waals surface area contributed by atoms with E-state index in [-0.39, 0.29) is 0 Å². The predicted octanol–water partition coefficient (Wildman–Crippen LogP) is 3.05. The van der Waals surface area contributed by atoms with E-state index in [9.17, 15) is 0 Å². The molecule has 0 bridgehead atoms. The Morgan fingerprint density at radius 2 is 2.25 bits per heavy atom. The second-order valence-corrected chi connectivity index (χ2v) is 4.55. The van der Waals surface area contributed by atoms with Crippen LogP contribution in [0.5, 0.6) is 0 Å². The molecule has 1 heterocycles. The molecular formula is C12H22ClN3. The highest BCUT2D eigenvalue weighted by Crippen LogP contribution is 2.26. The zero-order chi connectivity index (χ0) is 12.0. The molecule has 0 radical (unpaired) electrons. The minimum Gasteiger partial charge on any atom is -0.317 e.